The molecule has 0 fully saturated rings. The Morgan fingerprint density at radius 1 is 0.810 bits per heavy atom. The highest BCUT2D eigenvalue weighted by Crippen LogP contribution is 2.14. The normalized spacial score (nSPS) is 10.4. The van der Waals surface area contributed by atoms with E-state index in [2.05, 4.69) is 12.1 Å². The van der Waals surface area contributed by atoms with E-state index in [9.17, 15) is 0 Å². The fraction of sp³-hybridized carbons (Fsp3) is 0.333. The number of hydrogen-bond acceptors (Lipinski definition) is 3. The summed E-state index contributed by atoms with van der Waals surface area (Å²) >= 11 is 0. The van der Waals surface area contributed by atoms with Gasteiger partial charge in [0.25, 0.3) is 0 Å². The first-order valence-corrected chi connectivity index (χ1v) is 7.36. The van der Waals surface area contributed by atoms with Crippen molar-refractivity contribution in [1.82, 2.24) is 0 Å². The summed E-state index contributed by atoms with van der Waals surface area (Å²) in [6.07, 6.45) is 3.23. The van der Waals surface area contributed by atoms with E-state index in [1.165, 1.54) is 5.56 Å². The topological polar surface area (TPSA) is 44.5 Å². The van der Waals surface area contributed by atoms with Gasteiger partial charge in [0.15, 0.2) is 0 Å². The third kappa shape index (κ3) is 5.12. The number of unbranched alkanes of at least 4 members (excludes halogenated alkanes) is 1. The minimum absolute atomic E-state index is 0.572. The van der Waals surface area contributed by atoms with Gasteiger partial charge in [0, 0.05) is 6.54 Å². The number of ether oxygens (including phenoxy) is 2. The molecule has 0 aromatic heterocycles. The molecule has 0 heterocycles. The van der Waals surface area contributed by atoms with Crippen molar-refractivity contribution in [3.63, 3.8) is 0 Å². The fourth-order valence-corrected chi connectivity index (χ4v) is 2.14. The summed E-state index contributed by atoms with van der Waals surface area (Å²) in [5.41, 5.74) is 8.03. The standard InChI is InChI=1S/C18H23NO2/c1-20-17-9-5-15(6-10-17)4-2-3-13-21-18-11-7-16(14-19)8-12-18/h5-12H,2-4,13-14,19H2,1H3. The smallest absolute Gasteiger partial charge is 0.119 e. The van der Waals surface area contributed by atoms with Crippen LogP contribution in [-0.2, 0) is 13.0 Å². The molecule has 21 heavy (non-hydrogen) atoms. The van der Waals surface area contributed by atoms with Crippen molar-refractivity contribution in [2.45, 2.75) is 25.8 Å². The zero-order valence-corrected chi connectivity index (χ0v) is 12.5. The van der Waals surface area contributed by atoms with Gasteiger partial charge in [-0.3, -0.25) is 0 Å². The van der Waals surface area contributed by atoms with Crippen LogP contribution < -0.4 is 15.2 Å². The van der Waals surface area contributed by atoms with Crippen molar-refractivity contribution >= 4 is 0 Å². The molecule has 0 spiro atoms. The van der Waals surface area contributed by atoms with E-state index in [1.54, 1.807) is 7.11 Å². The summed E-state index contributed by atoms with van der Waals surface area (Å²) in [6, 6.07) is 16.2. The van der Waals surface area contributed by atoms with Crippen LogP contribution in [0, 0.1) is 0 Å². The maximum absolute atomic E-state index is 5.72. The molecule has 0 atom stereocenters. The molecule has 2 aromatic carbocycles. The number of aryl methyl sites for hydroxylation is 1. The van der Waals surface area contributed by atoms with E-state index in [0.29, 0.717) is 6.54 Å². The number of nitrogens with two attached hydrogens (primary N) is 1. The maximum Gasteiger partial charge on any atom is 0.119 e. The fourth-order valence-electron chi connectivity index (χ4n) is 2.14. The molecular weight excluding hydrogens is 262 g/mol. The molecule has 2 N–H and O–H groups in total. The Bertz CT molecular complexity index is 470. The van der Waals surface area contributed by atoms with Crippen molar-refractivity contribution in [2.24, 2.45) is 5.73 Å². The summed E-state index contributed by atoms with van der Waals surface area (Å²) in [5.74, 6) is 1.82. The first-order valence-electron chi connectivity index (χ1n) is 7.36. The highest BCUT2D eigenvalue weighted by atomic mass is 16.5. The second-order valence-electron chi connectivity index (χ2n) is 5.00. The lowest BCUT2D eigenvalue weighted by Crippen LogP contribution is -1.99. The molecule has 0 saturated heterocycles. The summed E-state index contributed by atoms with van der Waals surface area (Å²) < 4.78 is 10.9. The lowest BCUT2D eigenvalue weighted by atomic mass is 10.1. The van der Waals surface area contributed by atoms with E-state index in [4.69, 9.17) is 15.2 Å². The van der Waals surface area contributed by atoms with E-state index < -0.39 is 0 Å². The van der Waals surface area contributed by atoms with Gasteiger partial charge in [-0.15, -0.1) is 0 Å². The molecule has 0 radical (unpaired) electrons. The van der Waals surface area contributed by atoms with Crippen molar-refractivity contribution in [3.05, 3.63) is 59.7 Å². The van der Waals surface area contributed by atoms with Crippen LogP contribution in [0.25, 0.3) is 0 Å². The van der Waals surface area contributed by atoms with Crippen LogP contribution in [0.15, 0.2) is 48.5 Å². The van der Waals surface area contributed by atoms with E-state index in [-0.39, 0.29) is 0 Å². The Morgan fingerprint density at radius 3 is 2.05 bits per heavy atom. The van der Waals surface area contributed by atoms with Crippen molar-refractivity contribution in [1.29, 1.82) is 0 Å². The molecule has 0 aliphatic heterocycles. The Hall–Kier alpha value is -2.00. The van der Waals surface area contributed by atoms with Crippen LogP contribution in [-0.4, -0.2) is 13.7 Å². The van der Waals surface area contributed by atoms with Crippen LogP contribution in [0.5, 0.6) is 11.5 Å². The van der Waals surface area contributed by atoms with Crippen LogP contribution in [0.1, 0.15) is 24.0 Å². The highest BCUT2D eigenvalue weighted by molar-refractivity contribution is 5.28. The van der Waals surface area contributed by atoms with Gasteiger partial charge < -0.3 is 15.2 Å². The third-order valence-corrected chi connectivity index (χ3v) is 3.45. The van der Waals surface area contributed by atoms with Gasteiger partial charge in [0.2, 0.25) is 0 Å². The number of rotatable bonds is 8. The first-order chi connectivity index (χ1) is 10.3. The maximum atomic E-state index is 5.72. The van der Waals surface area contributed by atoms with Gasteiger partial charge in [0.05, 0.1) is 13.7 Å². The second-order valence-corrected chi connectivity index (χ2v) is 5.00. The molecule has 2 rings (SSSR count). The van der Waals surface area contributed by atoms with Gasteiger partial charge in [0.1, 0.15) is 11.5 Å². The lowest BCUT2D eigenvalue weighted by molar-refractivity contribution is 0.307. The highest BCUT2D eigenvalue weighted by Gasteiger charge is 1.97. The number of methoxy groups -OCH3 is 1. The Balaban J connectivity index is 1.64. The molecule has 3 nitrogen and oxygen atoms in total. The largest absolute Gasteiger partial charge is 0.497 e. The quantitative estimate of drug-likeness (QED) is 0.754. The first kappa shape index (κ1) is 15.4. The molecule has 3 heteroatoms. The van der Waals surface area contributed by atoms with Gasteiger partial charge in [-0.05, 0) is 54.7 Å². The van der Waals surface area contributed by atoms with E-state index >= 15 is 0 Å². The SMILES string of the molecule is COc1ccc(CCCCOc2ccc(CN)cc2)cc1. The van der Waals surface area contributed by atoms with Crippen LogP contribution in [0.4, 0.5) is 0 Å². The molecule has 0 unspecified atom stereocenters. The molecular formula is C18H23NO2. The van der Waals surface area contributed by atoms with E-state index in [0.717, 1.165) is 42.9 Å². The lowest BCUT2D eigenvalue weighted by Gasteiger charge is -2.07. The molecule has 0 saturated carbocycles. The average Bonchev–Trinajstić information content (AvgIpc) is 2.55. The molecule has 0 amide bonds. The minimum Gasteiger partial charge on any atom is -0.497 e. The average molecular weight is 285 g/mol. The number of hydrogen-bond donors (Lipinski definition) is 1. The van der Waals surface area contributed by atoms with Crippen molar-refractivity contribution < 1.29 is 9.47 Å². The molecule has 2 aromatic rings. The van der Waals surface area contributed by atoms with Crippen LogP contribution >= 0.6 is 0 Å². The van der Waals surface area contributed by atoms with Crippen LogP contribution in [0.3, 0.4) is 0 Å². The van der Waals surface area contributed by atoms with Gasteiger partial charge in [-0.25, -0.2) is 0 Å². The van der Waals surface area contributed by atoms with Crippen molar-refractivity contribution in [2.75, 3.05) is 13.7 Å². The molecule has 112 valence electrons. The predicted molar refractivity (Wildman–Crippen MR) is 85.8 cm³/mol. The molecule has 0 aliphatic rings. The second kappa shape index (κ2) is 8.32. The van der Waals surface area contributed by atoms with Crippen molar-refractivity contribution in [3.8, 4) is 11.5 Å². The summed E-state index contributed by atoms with van der Waals surface area (Å²) in [4.78, 5) is 0. The van der Waals surface area contributed by atoms with Gasteiger partial charge in [-0.2, -0.15) is 0 Å². The predicted octanol–water partition coefficient (Wildman–Crippen LogP) is 3.56. The monoisotopic (exact) mass is 285 g/mol. The zero-order valence-electron chi connectivity index (χ0n) is 12.5. The Morgan fingerprint density at radius 2 is 1.43 bits per heavy atom. The zero-order chi connectivity index (χ0) is 14.9. The third-order valence-electron chi connectivity index (χ3n) is 3.45. The number of benzene rings is 2. The Labute approximate surface area is 126 Å². The van der Waals surface area contributed by atoms with Crippen LogP contribution in [0.2, 0.25) is 0 Å². The summed E-state index contributed by atoms with van der Waals surface area (Å²) in [5, 5.41) is 0. The molecule has 0 bridgehead atoms. The van der Waals surface area contributed by atoms with E-state index in [1.807, 2.05) is 36.4 Å². The van der Waals surface area contributed by atoms with Gasteiger partial charge in [-0.1, -0.05) is 24.3 Å². The molecule has 0 aliphatic carbocycles. The summed E-state index contributed by atoms with van der Waals surface area (Å²) in [6.45, 7) is 1.32. The minimum atomic E-state index is 0.572. The Kier molecular flexibility index (Phi) is 6.10. The van der Waals surface area contributed by atoms with Gasteiger partial charge >= 0.3 is 0 Å². The summed E-state index contributed by atoms with van der Waals surface area (Å²) in [7, 11) is 1.69.